The molecule has 0 aromatic carbocycles. The average molecular weight is 358 g/mol. The number of aryl methyl sites for hydroxylation is 1. The van der Waals surface area contributed by atoms with E-state index in [9.17, 15) is 4.79 Å². The Morgan fingerprint density at radius 1 is 1.31 bits per heavy atom. The van der Waals surface area contributed by atoms with Gasteiger partial charge in [0.05, 0.1) is 6.10 Å². The Labute approximate surface area is 155 Å². The standard InChI is InChI=1S/C20H30N4O2/c1-14-6-8-24(9-7-14)20-22-12-16-11-15(4-5-18(16)23-20)19(25)21-13-17-3-2-10-26-17/h12,14-15,17H,2-11,13H2,1H3,(H,21,25)/t15-,17-/m0/s1. The number of anilines is 1. The largest absolute Gasteiger partial charge is 0.376 e. The third kappa shape index (κ3) is 4.00. The number of hydrogen-bond acceptors (Lipinski definition) is 5. The fourth-order valence-electron chi connectivity index (χ4n) is 4.25. The lowest BCUT2D eigenvalue weighted by Gasteiger charge is -2.31. The second kappa shape index (κ2) is 7.91. The van der Waals surface area contributed by atoms with Crippen molar-refractivity contribution < 1.29 is 9.53 Å². The van der Waals surface area contributed by atoms with E-state index in [1.165, 1.54) is 12.8 Å². The molecule has 2 fully saturated rings. The van der Waals surface area contributed by atoms with Gasteiger partial charge in [-0.3, -0.25) is 4.79 Å². The summed E-state index contributed by atoms with van der Waals surface area (Å²) in [4.78, 5) is 24.2. The molecule has 0 spiro atoms. The highest BCUT2D eigenvalue weighted by Gasteiger charge is 2.28. The van der Waals surface area contributed by atoms with E-state index in [0.29, 0.717) is 6.54 Å². The predicted octanol–water partition coefficient (Wildman–Crippen LogP) is 2.11. The Bertz CT molecular complexity index is 637. The lowest BCUT2D eigenvalue weighted by atomic mass is 9.86. The maximum atomic E-state index is 12.5. The number of hydrogen-bond donors (Lipinski definition) is 1. The third-order valence-electron chi connectivity index (χ3n) is 6.10. The Kier molecular flexibility index (Phi) is 5.38. The molecule has 6 nitrogen and oxygen atoms in total. The SMILES string of the molecule is CC1CCN(c2ncc3c(n2)CC[C@H](C(=O)NC[C@@H]2CCCO2)C3)CC1. The van der Waals surface area contributed by atoms with Crippen molar-refractivity contribution in [1.82, 2.24) is 15.3 Å². The number of nitrogens with zero attached hydrogens (tertiary/aromatic N) is 3. The van der Waals surface area contributed by atoms with Crippen LogP contribution in [0.2, 0.25) is 0 Å². The van der Waals surface area contributed by atoms with Crippen LogP contribution in [-0.2, 0) is 22.4 Å². The first-order valence-corrected chi connectivity index (χ1v) is 10.2. The van der Waals surface area contributed by atoms with Gasteiger partial charge in [0, 0.05) is 44.0 Å². The second-order valence-electron chi connectivity index (χ2n) is 8.13. The minimum Gasteiger partial charge on any atom is -0.376 e. The van der Waals surface area contributed by atoms with Crippen molar-refractivity contribution >= 4 is 11.9 Å². The van der Waals surface area contributed by atoms with Gasteiger partial charge in [-0.05, 0) is 56.4 Å². The number of aromatic nitrogens is 2. The van der Waals surface area contributed by atoms with Crippen LogP contribution in [0.3, 0.4) is 0 Å². The summed E-state index contributed by atoms with van der Waals surface area (Å²) in [6.07, 6.45) is 9.24. The van der Waals surface area contributed by atoms with Gasteiger partial charge in [-0.25, -0.2) is 9.97 Å². The van der Waals surface area contributed by atoms with Gasteiger partial charge in [-0.1, -0.05) is 6.92 Å². The van der Waals surface area contributed by atoms with E-state index in [-0.39, 0.29) is 17.9 Å². The molecule has 0 radical (unpaired) electrons. The Morgan fingerprint density at radius 2 is 2.15 bits per heavy atom. The van der Waals surface area contributed by atoms with Crippen LogP contribution < -0.4 is 10.2 Å². The average Bonchev–Trinajstić information content (AvgIpc) is 3.19. The minimum atomic E-state index is 0.0363. The summed E-state index contributed by atoms with van der Waals surface area (Å²) in [7, 11) is 0. The molecular weight excluding hydrogens is 328 g/mol. The van der Waals surface area contributed by atoms with Gasteiger partial charge in [0.1, 0.15) is 0 Å². The number of fused-ring (bicyclic) bond motifs is 1. The summed E-state index contributed by atoms with van der Waals surface area (Å²) in [6, 6.07) is 0. The Balaban J connectivity index is 1.34. The van der Waals surface area contributed by atoms with E-state index in [4.69, 9.17) is 9.72 Å². The number of carbonyl (C=O) groups is 1. The van der Waals surface area contributed by atoms with Gasteiger partial charge in [0.2, 0.25) is 11.9 Å². The molecular formula is C20H30N4O2. The van der Waals surface area contributed by atoms with Crippen LogP contribution in [0.4, 0.5) is 5.95 Å². The molecule has 0 bridgehead atoms. The molecule has 2 aliphatic heterocycles. The molecule has 6 heteroatoms. The summed E-state index contributed by atoms with van der Waals surface area (Å²) >= 11 is 0. The minimum absolute atomic E-state index is 0.0363. The maximum absolute atomic E-state index is 12.5. The zero-order chi connectivity index (χ0) is 17.9. The quantitative estimate of drug-likeness (QED) is 0.893. The normalized spacial score (nSPS) is 26.6. The van der Waals surface area contributed by atoms with Gasteiger partial charge in [0.15, 0.2) is 0 Å². The molecule has 1 amide bonds. The molecule has 1 aromatic heterocycles. The first-order valence-electron chi connectivity index (χ1n) is 10.2. The maximum Gasteiger partial charge on any atom is 0.225 e. The van der Waals surface area contributed by atoms with Crippen LogP contribution in [-0.4, -0.2) is 48.2 Å². The topological polar surface area (TPSA) is 67.4 Å². The van der Waals surface area contributed by atoms with Crippen LogP contribution in [0.1, 0.15) is 50.3 Å². The van der Waals surface area contributed by atoms with E-state index < -0.39 is 0 Å². The van der Waals surface area contributed by atoms with Crippen LogP contribution in [0, 0.1) is 11.8 Å². The summed E-state index contributed by atoms with van der Waals surface area (Å²) in [5.41, 5.74) is 2.28. The van der Waals surface area contributed by atoms with E-state index in [0.717, 1.165) is 74.9 Å². The fraction of sp³-hybridized carbons (Fsp3) is 0.750. The highest BCUT2D eigenvalue weighted by Crippen LogP contribution is 2.27. The van der Waals surface area contributed by atoms with Crippen molar-refractivity contribution in [3.63, 3.8) is 0 Å². The van der Waals surface area contributed by atoms with Crippen molar-refractivity contribution in [2.75, 3.05) is 31.1 Å². The Hall–Kier alpha value is -1.69. The molecule has 0 unspecified atom stereocenters. The van der Waals surface area contributed by atoms with Crippen LogP contribution >= 0.6 is 0 Å². The van der Waals surface area contributed by atoms with Crippen molar-refractivity contribution in [3.05, 3.63) is 17.5 Å². The van der Waals surface area contributed by atoms with Crippen LogP contribution in [0.5, 0.6) is 0 Å². The molecule has 2 saturated heterocycles. The first-order chi connectivity index (χ1) is 12.7. The molecule has 1 aliphatic carbocycles. The zero-order valence-electron chi connectivity index (χ0n) is 15.7. The monoisotopic (exact) mass is 358 g/mol. The van der Waals surface area contributed by atoms with E-state index in [1.807, 2.05) is 6.20 Å². The number of piperidine rings is 1. The van der Waals surface area contributed by atoms with Crippen molar-refractivity contribution in [2.24, 2.45) is 11.8 Å². The Morgan fingerprint density at radius 3 is 2.92 bits per heavy atom. The highest BCUT2D eigenvalue weighted by atomic mass is 16.5. The summed E-state index contributed by atoms with van der Waals surface area (Å²) in [5, 5.41) is 3.08. The fourth-order valence-corrected chi connectivity index (χ4v) is 4.25. The van der Waals surface area contributed by atoms with Gasteiger partial charge in [0.25, 0.3) is 0 Å². The molecule has 142 valence electrons. The van der Waals surface area contributed by atoms with Crippen LogP contribution in [0.15, 0.2) is 6.20 Å². The number of ether oxygens (including phenoxy) is 1. The number of nitrogens with one attached hydrogen (secondary N) is 1. The first kappa shape index (κ1) is 17.7. The van der Waals surface area contributed by atoms with E-state index in [2.05, 4.69) is 22.1 Å². The predicted molar refractivity (Wildman–Crippen MR) is 100 cm³/mol. The van der Waals surface area contributed by atoms with Gasteiger partial charge in [-0.2, -0.15) is 0 Å². The molecule has 2 atom stereocenters. The number of rotatable bonds is 4. The lowest BCUT2D eigenvalue weighted by molar-refractivity contribution is -0.125. The van der Waals surface area contributed by atoms with Crippen molar-refractivity contribution in [1.29, 1.82) is 0 Å². The number of amides is 1. The summed E-state index contributed by atoms with van der Waals surface area (Å²) in [6.45, 7) is 5.88. The molecule has 1 aromatic rings. The number of carbonyl (C=O) groups excluding carboxylic acids is 1. The molecule has 26 heavy (non-hydrogen) atoms. The lowest BCUT2D eigenvalue weighted by Crippen LogP contribution is -2.38. The third-order valence-corrected chi connectivity index (χ3v) is 6.10. The van der Waals surface area contributed by atoms with E-state index >= 15 is 0 Å². The zero-order valence-corrected chi connectivity index (χ0v) is 15.7. The van der Waals surface area contributed by atoms with Crippen LogP contribution in [0.25, 0.3) is 0 Å². The molecule has 3 aliphatic rings. The summed E-state index contributed by atoms with van der Waals surface area (Å²) < 4.78 is 5.58. The van der Waals surface area contributed by atoms with E-state index in [1.54, 1.807) is 0 Å². The second-order valence-corrected chi connectivity index (χ2v) is 8.13. The van der Waals surface area contributed by atoms with Gasteiger partial charge in [-0.15, -0.1) is 0 Å². The molecule has 3 heterocycles. The van der Waals surface area contributed by atoms with Gasteiger partial charge >= 0.3 is 0 Å². The van der Waals surface area contributed by atoms with Gasteiger partial charge < -0.3 is 15.0 Å². The summed E-state index contributed by atoms with van der Waals surface area (Å²) in [5.74, 6) is 1.86. The highest BCUT2D eigenvalue weighted by molar-refractivity contribution is 5.79. The molecule has 0 saturated carbocycles. The smallest absolute Gasteiger partial charge is 0.225 e. The molecule has 1 N–H and O–H groups in total. The van der Waals surface area contributed by atoms with Crippen molar-refractivity contribution in [3.8, 4) is 0 Å². The van der Waals surface area contributed by atoms with Crippen molar-refractivity contribution in [2.45, 2.75) is 58.0 Å². The molecule has 4 rings (SSSR count).